The van der Waals surface area contributed by atoms with Gasteiger partial charge in [-0.15, -0.1) is 0 Å². The van der Waals surface area contributed by atoms with Gasteiger partial charge in [0.15, 0.2) is 0 Å². The van der Waals surface area contributed by atoms with E-state index in [1.54, 1.807) is 6.92 Å². The molecule has 0 bridgehead atoms. The first-order valence-electron chi connectivity index (χ1n) is 4.06. The second kappa shape index (κ2) is 3.35. The maximum Gasteiger partial charge on any atom is 0.0799 e. The van der Waals surface area contributed by atoms with E-state index in [4.69, 9.17) is 5.11 Å². The highest BCUT2D eigenvalue weighted by Crippen LogP contribution is 2.30. The first-order valence-corrected chi connectivity index (χ1v) is 4.06. The molecule has 1 aliphatic carbocycles. The van der Waals surface area contributed by atoms with E-state index in [0.29, 0.717) is 5.92 Å². The fourth-order valence-electron chi connectivity index (χ4n) is 1.27. The van der Waals surface area contributed by atoms with Gasteiger partial charge in [-0.2, -0.15) is 0 Å². The molecule has 2 heteroatoms. The topological polar surface area (TPSA) is 40.5 Å². The van der Waals surface area contributed by atoms with Crippen molar-refractivity contribution in [1.82, 2.24) is 0 Å². The molecule has 1 fully saturated rings. The predicted molar refractivity (Wildman–Crippen MR) is 39.6 cm³/mol. The van der Waals surface area contributed by atoms with Crippen molar-refractivity contribution in [1.29, 1.82) is 0 Å². The largest absolute Gasteiger partial charge is 0.391 e. The van der Waals surface area contributed by atoms with Crippen LogP contribution in [0.4, 0.5) is 0 Å². The van der Waals surface area contributed by atoms with Gasteiger partial charge < -0.3 is 10.2 Å². The van der Waals surface area contributed by atoms with Gasteiger partial charge in [-0.3, -0.25) is 0 Å². The van der Waals surface area contributed by atoms with E-state index in [1.807, 2.05) is 0 Å². The minimum Gasteiger partial charge on any atom is -0.391 e. The summed E-state index contributed by atoms with van der Waals surface area (Å²) >= 11 is 0. The Balaban J connectivity index is 2.10. The number of hydrogen-bond donors (Lipinski definition) is 2. The quantitative estimate of drug-likeness (QED) is 0.618. The average molecular weight is 144 g/mol. The van der Waals surface area contributed by atoms with Gasteiger partial charge in [0.2, 0.25) is 0 Å². The third-order valence-corrected chi connectivity index (χ3v) is 2.36. The van der Waals surface area contributed by atoms with Crippen molar-refractivity contribution in [2.45, 2.75) is 44.8 Å². The van der Waals surface area contributed by atoms with E-state index >= 15 is 0 Å². The zero-order chi connectivity index (χ0) is 7.56. The zero-order valence-corrected chi connectivity index (χ0v) is 6.45. The van der Waals surface area contributed by atoms with Crippen LogP contribution in [0.5, 0.6) is 0 Å². The first kappa shape index (κ1) is 8.02. The molecular weight excluding hydrogens is 128 g/mol. The monoisotopic (exact) mass is 144 g/mol. The van der Waals surface area contributed by atoms with E-state index in [9.17, 15) is 5.11 Å². The van der Waals surface area contributed by atoms with E-state index in [-0.39, 0.29) is 0 Å². The molecule has 0 radical (unpaired) electrons. The number of aliphatic hydroxyl groups is 2. The molecule has 0 aromatic carbocycles. The lowest BCUT2D eigenvalue weighted by atomic mass is 9.81. The minimum atomic E-state index is -0.555. The van der Waals surface area contributed by atoms with Crippen molar-refractivity contribution in [3.05, 3.63) is 0 Å². The minimum absolute atomic E-state index is 0.495. The second-order valence-electron chi connectivity index (χ2n) is 3.34. The molecule has 10 heavy (non-hydrogen) atoms. The van der Waals surface area contributed by atoms with Crippen LogP contribution in [0.2, 0.25) is 0 Å². The molecular formula is C8H16O2. The normalized spacial score (nSPS) is 25.5. The molecule has 0 aliphatic heterocycles. The van der Waals surface area contributed by atoms with Crippen molar-refractivity contribution < 1.29 is 10.2 Å². The van der Waals surface area contributed by atoms with Crippen molar-refractivity contribution in [3.8, 4) is 0 Å². The van der Waals surface area contributed by atoms with Gasteiger partial charge in [0.05, 0.1) is 12.2 Å². The smallest absolute Gasteiger partial charge is 0.0799 e. The van der Waals surface area contributed by atoms with E-state index in [2.05, 4.69) is 0 Å². The summed E-state index contributed by atoms with van der Waals surface area (Å²) in [5.41, 5.74) is 0. The van der Waals surface area contributed by atoms with Gasteiger partial charge in [0, 0.05) is 0 Å². The van der Waals surface area contributed by atoms with Gasteiger partial charge in [-0.25, -0.2) is 0 Å². The molecule has 1 saturated carbocycles. The Kier molecular flexibility index (Phi) is 2.69. The molecule has 2 nitrogen and oxygen atoms in total. The van der Waals surface area contributed by atoms with Crippen LogP contribution in [0, 0.1) is 5.92 Å². The lowest BCUT2D eigenvalue weighted by molar-refractivity contribution is 0.00760. The lowest BCUT2D eigenvalue weighted by Crippen LogP contribution is -2.27. The highest BCUT2D eigenvalue weighted by molar-refractivity contribution is 4.74. The fourth-order valence-corrected chi connectivity index (χ4v) is 1.27. The summed E-state index contributed by atoms with van der Waals surface area (Å²) in [7, 11) is 0. The second-order valence-corrected chi connectivity index (χ2v) is 3.34. The van der Waals surface area contributed by atoms with Crippen LogP contribution in [0.3, 0.4) is 0 Å². The van der Waals surface area contributed by atoms with Gasteiger partial charge in [-0.05, 0) is 19.3 Å². The highest BCUT2D eigenvalue weighted by atomic mass is 16.3. The van der Waals surface area contributed by atoms with E-state index in [1.165, 1.54) is 19.3 Å². The van der Waals surface area contributed by atoms with Crippen LogP contribution in [0.15, 0.2) is 0 Å². The molecule has 0 heterocycles. The Morgan fingerprint density at radius 2 is 2.00 bits per heavy atom. The van der Waals surface area contributed by atoms with Crippen molar-refractivity contribution in [2.75, 3.05) is 0 Å². The summed E-state index contributed by atoms with van der Waals surface area (Å²) in [6, 6.07) is 0. The molecule has 0 saturated heterocycles. The molecule has 0 aromatic heterocycles. The average Bonchev–Trinajstić information content (AvgIpc) is 1.77. The molecule has 0 spiro atoms. The third-order valence-electron chi connectivity index (χ3n) is 2.36. The molecule has 0 aromatic rings. The molecule has 1 aliphatic rings. The van der Waals surface area contributed by atoms with Gasteiger partial charge in [0.1, 0.15) is 0 Å². The summed E-state index contributed by atoms with van der Waals surface area (Å²) in [5.74, 6) is 0.685. The molecule has 2 N–H and O–H groups in total. The van der Waals surface area contributed by atoms with Crippen LogP contribution in [-0.4, -0.2) is 22.4 Å². The van der Waals surface area contributed by atoms with Gasteiger partial charge in [-0.1, -0.05) is 19.3 Å². The van der Waals surface area contributed by atoms with Crippen molar-refractivity contribution in [2.24, 2.45) is 5.92 Å². The van der Waals surface area contributed by atoms with E-state index in [0.717, 1.165) is 6.42 Å². The number of rotatable bonds is 3. The predicted octanol–water partition coefficient (Wildman–Crippen LogP) is 0.918. The Labute approximate surface area is 61.9 Å². The number of aliphatic hydroxyl groups excluding tert-OH is 2. The fraction of sp³-hybridized carbons (Fsp3) is 1.00. The SMILES string of the molecule is CC(O)C(O)CC1CCC1. The molecule has 2 atom stereocenters. The van der Waals surface area contributed by atoms with Gasteiger partial charge in [0.25, 0.3) is 0 Å². The Morgan fingerprint density at radius 3 is 2.30 bits per heavy atom. The van der Waals surface area contributed by atoms with Crippen LogP contribution in [-0.2, 0) is 0 Å². The number of hydrogen-bond acceptors (Lipinski definition) is 2. The highest BCUT2D eigenvalue weighted by Gasteiger charge is 2.22. The Morgan fingerprint density at radius 1 is 1.40 bits per heavy atom. The summed E-state index contributed by atoms with van der Waals surface area (Å²) in [6.07, 6.45) is 3.52. The summed E-state index contributed by atoms with van der Waals surface area (Å²) in [6.45, 7) is 1.64. The van der Waals surface area contributed by atoms with E-state index < -0.39 is 12.2 Å². The Bertz CT molecular complexity index is 97.4. The van der Waals surface area contributed by atoms with Crippen LogP contribution in [0.1, 0.15) is 32.6 Å². The maximum atomic E-state index is 9.21. The van der Waals surface area contributed by atoms with Crippen molar-refractivity contribution >= 4 is 0 Å². The van der Waals surface area contributed by atoms with Crippen LogP contribution >= 0.6 is 0 Å². The molecule has 60 valence electrons. The molecule has 0 amide bonds. The first-order chi connectivity index (χ1) is 4.70. The zero-order valence-electron chi connectivity index (χ0n) is 6.45. The lowest BCUT2D eigenvalue weighted by Gasteiger charge is -2.28. The summed E-state index contributed by atoms with van der Waals surface area (Å²) in [5, 5.41) is 18.2. The molecule has 2 unspecified atom stereocenters. The van der Waals surface area contributed by atoms with Crippen LogP contribution < -0.4 is 0 Å². The summed E-state index contributed by atoms with van der Waals surface area (Å²) in [4.78, 5) is 0. The van der Waals surface area contributed by atoms with Crippen LogP contribution in [0.25, 0.3) is 0 Å². The maximum absolute atomic E-state index is 9.21. The van der Waals surface area contributed by atoms with Gasteiger partial charge >= 0.3 is 0 Å². The third kappa shape index (κ3) is 1.96. The standard InChI is InChI=1S/C8H16O2/c1-6(9)8(10)5-7-3-2-4-7/h6-10H,2-5H2,1H3. The summed E-state index contributed by atoms with van der Waals surface area (Å²) < 4.78 is 0. The van der Waals surface area contributed by atoms with Crippen molar-refractivity contribution in [3.63, 3.8) is 0 Å². The Hall–Kier alpha value is -0.0800. The molecule has 1 rings (SSSR count).